The van der Waals surface area contributed by atoms with Crippen LogP contribution in [0.3, 0.4) is 0 Å². The fourth-order valence-corrected chi connectivity index (χ4v) is 2.36. The number of halogens is 1. The highest BCUT2D eigenvalue weighted by molar-refractivity contribution is 9.10. The molecule has 0 unspecified atom stereocenters. The lowest BCUT2D eigenvalue weighted by Gasteiger charge is -2.09. The van der Waals surface area contributed by atoms with Crippen LogP contribution in [-0.4, -0.2) is 19.9 Å². The summed E-state index contributed by atoms with van der Waals surface area (Å²) in [5, 5.41) is 0. The molecule has 1 aliphatic heterocycles. The van der Waals surface area contributed by atoms with Gasteiger partial charge >= 0.3 is 5.97 Å². The lowest BCUT2D eigenvalue weighted by atomic mass is 10.2. The number of rotatable bonds is 3. The molecular weight excluding hydrogens is 340 g/mol. The van der Waals surface area contributed by atoms with Gasteiger partial charge in [-0.05, 0) is 46.3 Å². The van der Waals surface area contributed by atoms with Crippen molar-refractivity contribution < 1.29 is 23.7 Å². The quantitative estimate of drug-likeness (QED) is 0.789. The molecule has 108 valence electrons. The van der Waals surface area contributed by atoms with Crippen molar-refractivity contribution >= 4 is 21.9 Å². The van der Waals surface area contributed by atoms with Crippen molar-refractivity contribution in [1.82, 2.24) is 0 Å². The summed E-state index contributed by atoms with van der Waals surface area (Å²) in [4.78, 5) is 11.4. The molecule has 2 aromatic carbocycles. The Morgan fingerprint density at radius 2 is 1.95 bits per heavy atom. The number of methoxy groups -OCH3 is 1. The molecule has 0 saturated heterocycles. The Kier molecular flexibility index (Phi) is 3.70. The average molecular weight is 351 g/mol. The van der Waals surface area contributed by atoms with E-state index in [-0.39, 0.29) is 6.79 Å². The van der Waals surface area contributed by atoms with Gasteiger partial charge in [-0.3, -0.25) is 0 Å². The van der Waals surface area contributed by atoms with Gasteiger partial charge in [0, 0.05) is 6.07 Å². The molecule has 6 heteroatoms. The maximum absolute atomic E-state index is 11.4. The summed E-state index contributed by atoms with van der Waals surface area (Å²) < 4.78 is 21.6. The van der Waals surface area contributed by atoms with E-state index in [0.29, 0.717) is 33.0 Å². The molecule has 0 aliphatic carbocycles. The molecule has 0 spiro atoms. The van der Waals surface area contributed by atoms with Crippen LogP contribution in [0.5, 0.6) is 23.0 Å². The number of carbonyl (C=O) groups excluding carboxylic acids is 1. The molecule has 5 nitrogen and oxygen atoms in total. The van der Waals surface area contributed by atoms with Crippen molar-refractivity contribution in [3.8, 4) is 23.0 Å². The number of esters is 1. The fraction of sp³-hybridized carbons (Fsp3) is 0.133. The van der Waals surface area contributed by atoms with E-state index in [1.54, 1.807) is 36.4 Å². The highest BCUT2D eigenvalue weighted by Gasteiger charge is 2.15. The smallest absolute Gasteiger partial charge is 0.337 e. The van der Waals surface area contributed by atoms with Gasteiger partial charge in [0.15, 0.2) is 11.5 Å². The Morgan fingerprint density at radius 1 is 1.14 bits per heavy atom. The summed E-state index contributed by atoms with van der Waals surface area (Å²) in [6, 6.07) is 10.3. The minimum absolute atomic E-state index is 0.219. The molecule has 3 rings (SSSR count). The molecule has 21 heavy (non-hydrogen) atoms. The predicted molar refractivity (Wildman–Crippen MR) is 78.1 cm³/mol. The third-order valence-electron chi connectivity index (χ3n) is 2.92. The van der Waals surface area contributed by atoms with Gasteiger partial charge in [0.25, 0.3) is 0 Å². The van der Waals surface area contributed by atoms with Crippen molar-refractivity contribution in [2.24, 2.45) is 0 Å². The monoisotopic (exact) mass is 350 g/mol. The molecule has 0 fully saturated rings. The number of carbonyl (C=O) groups is 1. The second-order valence-electron chi connectivity index (χ2n) is 4.25. The molecular formula is C15H11BrO5. The van der Waals surface area contributed by atoms with Crippen molar-refractivity contribution in [3.05, 3.63) is 46.4 Å². The van der Waals surface area contributed by atoms with Gasteiger partial charge < -0.3 is 18.9 Å². The number of fused-ring (bicyclic) bond motifs is 1. The van der Waals surface area contributed by atoms with Crippen molar-refractivity contribution in [2.45, 2.75) is 0 Å². The molecule has 0 radical (unpaired) electrons. The molecule has 0 saturated carbocycles. The summed E-state index contributed by atoms with van der Waals surface area (Å²) in [7, 11) is 1.34. The van der Waals surface area contributed by atoms with E-state index in [0.717, 1.165) is 0 Å². The Hall–Kier alpha value is -2.21. The van der Waals surface area contributed by atoms with Crippen molar-refractivity contribution in [1.29, 1.82) is 0 Å². The molecule has 2 aromatic rings. The van der Waals surface area contributed by atoms with Crippen molar-refractivity contribution in [3.63, 3.8) is 0 Å². The van der Waals surface area contributed by atoms with Gasteiger partial charge in [0.1, 0.15) is 11.5 Å². The molecule has 0 atom stereocenters. The highest BCUT2D eigenvalue weighted by atomic mass is 79.9. The molecule has 0 N–H and O–H groups in total. The topological polar surface area (TPSA) is 54.0 Å². The summed E-state index contributed by atoms with van der Waals surface area (Å²) >= 11 is 3.38. The molecule has 0 bridgehead atoms. The highest BCUT2D eigenvalue weighted by Crippen LogP contribution is 2.38. The first kappa shape index (κ1) is 13.8. The molecule has 1 heterocycles. The molecule has 0 aromatic heterocycles. The lowest BCUT2D eigenvalue weighted by Crippen LogP contribution is -2.01. The minimum Gasteiger partial charge on any atom is -0.465 e. The summed E-state index contributed by atoms with van der Waals surface area (Å²) in [6.07, 6.45) is 0. The summed E-state index contributed by atoms with van der Waals surface area (Å²) in [5.74, 6) is 2.15. The van der Waals surface area contributed by atoms with Gasteiger partial charge in [-0.2, -0.15) is 0 Å². The van der Waals surface area contributed by atoms with E-state index in [2.05, 4.69) is 20.7 Å². The van der Waals surface area contributed by atoms with Crippen LogP contribution in [0.25, 0.3) is 0 Å². The second kappa shape index (κ2) is 5.65. The Bertz CT molecular complexity index is 698. The SMILES string of the molecule is COC(=O)c1ccc(Oc2ccc3c(c2)OCO3)c(Br)c1. The number of hydrogen-bond donors (Lipinski definition) is 0. The van der Waals surface area contributed by atoms with Crippen LogP contribution < -0.4 is 14.2 Å². The van der Waals surface area contributed by atoms with Gasteiger partial charge in [0.05, 0.1) is 17.1 Å². The van der Waals surface area contributed by atoms with Crippen LogP contribution in [0.4, 0.5) is 0 Å². The van der Waals surface area contributed by atoms with Crippen LogP contribution in [0.2, 0.25) is 0 Å². The number of benzene rings is 2. The Morgan fingerprint density at radius 3 is 2.71 bits per heavy atom. The standard InChI is InChI=1S/C15H11BrO5/c1-18-15(17)9-2-4-12(11(16)6-9)21-10-3-5-13-14(7-10)20-8-19-13/h2-7H,8H2,1H3. The predicted octanol–water partition coefficient (Wildman–Crippen LogP) is 3.76. The van der Waals surface area contributed by atoms with E-state index in [4.69, 9.17) is 14.2 Å². The third kappa shape index (κ3) is 2.80. The first-order valence-corrected chi connectivity index (χ1v) is 6.92. The Labute approximate surface area is 129 Å². The molecule has 0 amide bonds. The zero-order valence-corrected chi connectivity index (χ0v) is 12.7. The zero-order valence-electron chi connectivity index (χ0n) is 11.1. The van der Waals surface area contributed by atoms with Gasteiger partial charge in [-0.1, -0.05) is 0 Å². The van der Waals surface area contributed by atoms with Crippen LogP contribution in [0.15, 0.2) is 40.9 Å². The second-order valence-corrected chi connectivity index (χ2v) is 5.11. The van der Waals surface area contributed by atoms with Crippen LogP contribution in [0.1, 0.15) is 10.4 Å². The summed E-state index contributed by atoms with van der Waals surface area (Å²) in [6.45, 7) is 0.219. The first-order valence-electron chi connectivity index (χ1n) is 6.13. The maximum Gasteiger partial charge on any atom is 0.337 e. The van der Waals surface area contributed by atoms with Gasteiger partial charge in [0.2, 0.25) is 6.79 Å². The largest absolute Gasteiger partial charge is 0.465 e. The maximum atomic E-state index is 11.4. The van der Waals surface area contributed by atoms with Crippen LogP contribution >= 0.6 is 15.9 Å². The number of hydrogen-bond acceptors (Lipinski definition) is 5. The average Bonchev–Trinajstić information content (AvgIpc) is 2.96. The normalized spacial score (nSPS) is 12.1. The Balaban J connectivity index is 1.83. The summed E-state index contributed by atoms with van der Waals surface area (Å²) in [5.41, 5.74) is 0.447. The lowest BCUT2D eigenvalue weighted by molar-refractivity contribution is 0.0600. The van der Waals surface area contributed by atoms with Gasteiger partial charge in [-0.25, -0.2) is 4.79 Å². The minimum atomic E-state index is -0.398. The third-order valence-corrected chi connectivity index (χ3v) is 3.54. The van der Waals surface area contributed by atoms with Crippen LogP contribution in [0, 0.1) is 0 Å². The van der Waals surface area contributed by atoms with Crippen LogP contribution in [-0.2, 0) is 4.74 Å². The fourth-order valence-electron chi connectivity index (χ4n) is 1.90. The van der Waals surface area contributed by atoms with E-state index in [9.17, 15) is 4.79 Å². The van der Waals surface area contributed by atoms with Crippen molar-refractivity contribution in [2.75, 3.05) is 13.9 Å². The first-order chi connectivity index (χ1) is 10.2. The zero-order chi connectivity index (χ0) is 14.8. The van der Waals surface area contributed by atoms with E-state index in [1.165, 1.54) is 7.11 Å². The van der Waals surface area contributed by atoms with Gasteiger partial charge in [-0.15, -0.1) is 0 Å². The number of ether oxygens (including phenoxy) is 4. The van der Waals surface area contributed by atoms with E-state index >= 15 is 0 Å². The van der Waals surface area contributed by atoms with E-state index in [1.807, 2.05) is 0 Å². The molecule has 1 aliphatic rings. The van der Waals surface area contributed by atoms with E-state index < -0.39 is 5.97 Å².